The van der Waals surface area contributed by atoms with E-state index in [-0.39, 0.29) is 5.91 Å². The SMILES string of the molecule is Cc1cccc(-n2c(SCCCC(=O)N3CCCCC3)nnc2-c2ccco2)c1. The minimum absolute atomic E-state index is 0.279. The fourth-order valence-corrected chi connectivity index (χ4v) is 4.51. The fraction of sp³-hybridized carbons (Fsp3) is 0.409. The number of nitrogens with zero attached hydrogens (tertiary/aromatic N) is 4. The van der Waals surface area contributed by atoms with Gasteiger partial charge in [-0.15, -0.1) is 10.2 Å². The van der Waals surface area contributed by atoms with E-state index in [0.29, 0.717) is 18.0 Å². The Bertz CT molecular complexity index is 946. The van der Waals surface area contributed by atoms with Gasteiger partial charge < -0.3 is 9.32 Å². The molecule has 152 valence electrons. The second-order valence-corrected chi connectivity index (χ2v) is 8.41. The Labute approximate surface area is 175 Å². The van der Waals surface area contributed by atoms with Crippen molar-refractivity contribution in [1.82, 2.24) is 19.7 Å². The van der Waals surface area contributed by atoms with Gasteiger partial charge in [-0.2, -0.15) is 0 Å². The molecule has 29 heavy (non-hydrogen) atoms. The zero-order valence-corrected chi connectivity index (χ0v) is 17.5. The molecule has 1 aliphatic heterocycles. The van der Waals surface area contributed by atoms with Crippen LogP contribution in [-0.2, 0) is 4.79 Å². The molecule has 3 aromatic rings. The third kappa shape index (κ3) is 4.72. The largest absolute Gasteiger partial charge is 0.461 e. The van der Waals surface area contributed by atoms with Crippen LogP contribution in [0.2, 0.25) is 0 Å². The molecule has 4 rings (SSSR count). The Balaban J connectivity index is 1.45. The summed E-state index contributed by atoms with van der Waals surface area (Å²) < 4.78 is 7.60. The third-order valence-corrected chi connectivity index (χ3v) is 6.12. The zero-order valence-electron chi connectivity index (χ0n) is 16.7. The number of carbonyl (C=O) groups excluding carboxylic acids is 1. The van der Waals surface area contributed by atoms with Gasteiger partial charge in [0.05, 0.1) is 12.0 Å². The highest BCUT2D eigenvalue weighted by molar-refractivity contribution is 7.99. The van der Waals surface area contributed by atoms with Gasteiger partial charge in [-0.3, -0.25) is 9.36 Å². The smallest absolute Gasteiger partial charge is 0.222 e. The highest BCUT2D eigenvalue weighted by Gasteiger charge is 2.19. The Morgan fingerprint density at radius 1 is 1.14 bits per heavy atom. The predicted molar refractivity (Wildman–Crippen MR) is 114 cm³/mol. The number of thioether (sulfide) groups is 1. The average Bonchev–Trinajstić information content (AvgIpc) is 3.41. The quantitative estimate of drug-likeness (QED) is 0.416. The number of aryl methyl sites for hydroxylation is 1. The summed E-state index contributed by atoms with van der Waals surface area (Å²) in [5.41, 5.74) is 2.18. The first kappa shape index (κ1) is 19.8. The molecule has 0 saturated carbocycles. The van der Waals surface area contributed by atoms with E-state index in [2.05, 4.69) is 29.3 Å². The van der Waals surface area contributed by atoms with Crippen LogP contribution in [0.4, 0.5) is 0 Å². The van der Waals surface area contributed by atoms with Gasteiger partial charge in [-0.05, 0) is 62.4 Å². The maximum atomic E-state index is 12.4. The molecule has 0 unspecified atom stereocenters. The summed E-state index contributed by atoms with van der Waals surface area (Å²) >= 11 is 1.63. The molecule has 0 radical (unpaired) electrons. The lowest BCUT2D eigenvalue weighted by molar-refractivity contribution is -0.132. The Kier molecular flexibility index (Phi) is 6.34. The van der Waals surface area contributed by atoms with Crippen LogP contribution in [0.25, 0.3) is 17.3 Å². The van der Waals surface area contributed by atoms with Crippen molar-refractivity contribution in [3.63, 3.8) is 0 Å². The number of aromatic nitrogens is 3. The monoisotopic (exact) mass is 410 g/mol. The molecule has 0 atom stereocenters. The van der Waals surface area contributed by atoms with Gasteiger partial charge in [0.15, 0.2) is 10.9 Å². The summed E-state index contributed by atoms with van der Waals surface area (Å²) in [7, 11) is 0. The van der Waals surface area contributed by atoms with Crippen molar-refractivity contribution < 1.29 is 9.21 Å². The van der Waals surface area contributed by atoms with Gasteiger partial charge >= 0.3 is 0 Å². The predicted octanol–water partition coefficient (Wildman–Crippen LogP) is 4.72. The van der Waals surface area contributed by atoms with E-state index in [0.717, 1.165) is 48.9 Å². The molecule has 3 heterocycles. The van der Waals surface area contributed by atoms with Crippen LogP contribution < -0.4 is 0 Å². The van der Waals surface area contributed by atoms with Crippen molar-refractivity contribution in [2.24, 2.45) is 0 Å². The maximum Gasteiger partial charge on any atom is 0.222 e. The lowest BCUT2D eigenvalue weighted by atomic mass is 10.1. The molecule has 0 N–H and O–H groups in total. The summed E-state index contributed by atoms with van der Waals surface area (Å²) in [6.45, 7) is 3.90. The minimum atomic E-state index is 0.279. The van der Waals surface area contributed by atoms with E-state index < -0.39 is 0 Å². The summed E-state index contributed by atoms with van der Waals surface area (Å²) in [5, 5.41) is 9.59. The van der Waals surface area contributed by atoms with Crippen LogP contribution >= 0.6 is 11.8 Å². The second-order valence-electron chi connectivity index (χ2n) is 7.35. The number of likely N-dealkylation sites (tertiary alicyclic amines) is 1. The molecule has 0 spiro atoms. The van der Waals surface area contributed by atoms with Crippen LogP contribution in [0.3, 0.4) is 0 Å². The molecule has 1 aromatic carbocycles. The van der Waals surface area contributed by atoms with Gasteiger partial charge in [0, 0.05) is 25.3 Å². The number of benzene rings is 1. The number of rotatable bonds is 7. The first-order valence-electron chi connectivity index (χ1n) is 10.2. The molecule has 1 amide bonds. The average molecular weight is 411 g/mol. The molecule has 7 heteroatoms. The second kappa shape index (κ2) is 9.31. The van der Waals surface area contributed by atoms with Crippen molar-refractivity contribution in [1.29, 1.82) is 0 Å². The van der Waals surface area contributed by atoms with Gasteiger partial charge in [0.25, 0.3) is 0 Å². The van der Waals surface area contributed by atoms with E-state index in [1.54, 1.807) is 18.0 Å². The number of piperidine rings is 1. The normalized spacial score (nSPS) is 14.3. The summed E-state index contributed by atoms with van der Waals surface area (Å²) in [6.07, 6.45) is 6.58. The zero-order chi connectivity index (χ0) is 20.1. The molecule has 0 bridgehead atoms. The van der Waals surface area contributed by atoms with Crippen LogP contribution in [-0.4, -0.2) is 44.4 Å². The molecular formula is C22H26N4O2S. The van der Waals surface area contributed by atoms with Gasteiger partial charge in [-0.25, -0.2) is 0 Å². The summed E-state index contributed by atoms with van der Waals surface area (Å²) in [4.78, 5) is 14.4. The summed E-state index contributed by atoms with van der Waals surface area (Å²) in [5.74, 6) is 2.47. The first-order valence-corrected chi connectivity index (χ1v) is 11.2. The van der Waals surface area contributed by atoms with Crippen LogP contribution in [0.15, 0.2) is 52.2 Å². The van der Waals surface area contributed by atoms with Gasteiger partial charge in [0.2, 0.25) is 11.7 Å². The van der Waals surface area contributed by atoms with Gasteiger partial charge in [-0.1, -0.05) is 23.9 Å². The highest BCUT2D eigenvalue weighted by atomic mass is 32.2. The first-order chi connectivity index (χ1) is 14.2. The van der Waals surface area contributed by atoms with Crippen LogP contribution in [0.1, 0.15) is 37.7 Å². The molecule has 2 aromatic heterocycles. The van der Waals surface area contributed by atoms with E-state index in [9.17, 15) is 4.79 Å². The molecule has 0 aliphatic carbocycles. The molecular weight excluding hydrogens is 384 g/mol. The Hall–Kier alpha value is -2.54. The van der Waals surface area contributed by atoms with E-state index in [1.165, 1.54) is 12.0 Å². The highest BCUT2D eigenvalue weighted by Crippen LogP contribution is 2.29. The molecule has 1 saturated heterocycles. The van der Waals surface area contributed by atoms with Crippen molar-refractivity contribution in [3.8, 4) is 17.3 Å². The van der Waals surface area contributed by atoms with Crippen LogP contribution in [0.5, 0.6) is 0 Å². The molecule has 1 aliphatic rings. The topological polar surface area (TPSA) is 64.2 Å². The van der Waals surface area contributed by atoms with E-state index in [1.807, 2.05) is 33.7 Å². The number of carbonyl (C=O) groups is 1. The summed E-state index contributed by atoms with van der Waals surface area (Å²) in [6, 6.07) is 12.0. The van der Waals surface area contributed by atoms with Crippen molar-refractivity contribution in [2.75, 3.05) is 18.8 Å². The fourth-order valence-electron chi connectivity index (χ4n) is 3.62. The number of hydrogen-bond donors (Lipinski definition) is 0. The maximum absolute atomic E-state index is 12.4. The number of furan rings is 1. The van der Waals surface area contributed by atoms with E-state index >= 15 is 0 Å². The van der Waals surface area contributed by atoms with Crippen molar-refractivity contribution >= 4 is 17.7 Å². The molecule has 1 fully saturated rings. The molecule has 6 nitrogen and oxygen atoms in total. The van der Waals surface area contributed by atoms with Crippen molar-refractivity contribution in [2.45, 2.75) is 44.2 Å². The number of amides is 1. The third-order valence-electron chi connectivity index (χ3n) is 5.11. The van der Waals surface area contributed by atoms with Gasteiger partial charge in [0.1, 0.15) is 0 Å². The standard InChI is InChI=1S/C22H26N4O2S/c1-17-8-5-9-18(16-17)26-21(19-10-6-14-28-19)23-24-22(26)29-15-7-11-20(27)25-12-3-2-4-13-25/h5-6,8-10,14,16H,2-4,7,11-13,15H2,1H3. The van der Waals surface area contributed by atoms with Crippen molar-refractivity contribution in [3.05, 3.63) is 48.2 Å². The minimum Gasteiger partial charge on any atom is -0.461 e. The van der Waals surface area contributed by atoms with Crippen LogP contribution in [0, 0.1) is 6.92 Å². The number of hydrogen-bond acceptors (Lipinski definition) is 5. The Morgan fingerprint density at radius 2 is 2.00 bits per heavy atom. The van der Waals surface area contributed by atoms with E-state index in [4.69, 9.17) is 4.42 Å². The Morgan fingerprint density at radius 3 is 2.76 bits per heavy atom. The lowest BCUT2D eigenvalue weighted by Gasteiger charge is -2.26. The lowest BCUT2D eigenvalue weighted by Crippen LogP contribution is -2.35.